The molecule has 0 atom stereocenters. The number of nitriles is 1. The standard InChI is InChI=1S/C16H19BrN4/c1-3-15(4-2)21-8-7-14(20-21)11-19-16-6-5-13(17)9-12(16)10-18/h5-9,15,19H,3-4,11H2,1-2H3. The molecule has 0 fully saturated rings. The topological polar surface area (TPSA) is 53.6 Å². The molecule has 1 aromatic heterocycles. The van der Waals surface area contributed by atoms with Crippen molar-refractivity contribution in [2.75, 3.05) is 5.32 Å². The summed E-state index contributed by atoms with van der Waals surface area (Å²) in [4.78, 5) is 0. The van der Waals surface area contributed by atoms with Crippen LogP contribution in [0.5, 0.6) is 0 Å². The molecule has 0 amide bonds. The molecule has 0 aliphatic heterocycles. The number of hydrogen-bond acceptors (Lipinski definition) is 3. The molecule has 1 aromatic carbocycles. The van der Waals surface area contributed by atoms with Gasteiger partial charge in [-0.1, -0.05) is 29.8 Å². The first-order valence-electron chi connectivity index (χ1n) is 7.15. The molecule has 0 bridgehead atoms. The number of nitrogens with zero attached hydrogens (tertiary/aromatic N) is 3. The van der Waals surface area contributed by atoms with Gasteiger partial charge in [0, 0.05) is 10.7 Å². The van der Waals surface area contributed by atoms with Crippen LogP contribution in [0.3, 0.4) is 0 Å². The highest BCUT2D eigenvalue weighted by atomic mass is 79.9. The van der Waals surface area contributed by atoms with Crippen LogP contribution in [0.4, 0.5) is 5.69 Å². The number of rotatable bonds is 6. The minimum absolute atomic E-state index is 0.459. The number of aromatic nitrogens is 2. The van der Waals surface area contributed by atoms with Crippen LogP contribution in [-0.2, 0) is 6.54 Å². The van der Waals surface area contributed by atoms with Crippen molar-refractivity contribution < 1.29 is 0 Å². The quantitative estimate of drug-likeness (QED) is 0.838. The van der Waals surface area contributed by atoms with Crippen LogP contribution in [0.2, 0.25) is 0 Å². The molecule has 0 saturated heterocycles. The molecular weight excluding hydrogens is 328 g/mol. The highest BCUT2D eigenvalue weighted by molar-refractivity contribution is 9.10. The Balaban J connectivity index is 2.06. The van der Waals surface area contributed by atoms with E-state index in [0.29, 0.717) is 18.2 Å². The highest BCUT2D eigenvalue weighted by Gasteiger charge is 2.08. The van der Waals surface area contributed by atoms with Crippen molar-refractivity contribution in [2.45, 2.75) is 39.3 Å². The van der Waals surface area contributed by atoms with Gasteiger partial charge in [0.2, 0.25) is 0 Å². The maximum absolute atomic E-state index is 9.15. The molecule has 5 heteroatoms. The van der Waals surface area contributed by atoms with E-state index in [9.17, 15) is 0 Å². The summed E-state index contributed by atoms with van der Waals surface area (Å²) in [7, 11) is 0. The Morgan fingerprint density at radius 1 is 1.33 bits per heavy atom. The first kappa shape index (κ1) is 15.6. The summed E-state index contributed by atoms with van der Waals surface area (Å²) in [5, 5.41) is 17.0. The van der Waals surface area contributed by atoms with Crippen LogP contribution in [0, 0.1) is 11.3 Å². The molecule has 4 nitrogen and oxygen atoms in total. The van der Waals surface area contributed by atoms with Crippen LogP contribution >= 0.6 is 15.9 Å². The Morgan fingerprint density at radius 3 is 2.76 bits per heavy atom. The van der Waals surface area contributed by atoms with E-state index in [-0.39, 0.29) is 0 Å². The maximum Gasteiger partial charge on any atom is 0.101 e. The lowest BCUT2D eigenvalue weighted by atomic mass is 10.2. The van der Waals surface area contributed by atoms with E-state index in [1.54, 1.807) is 0 Å². The van der Waals surface area contributed by atoms with Gasteiger partial charge in [-0.15, -0.1) is 0 Å². The Labute approximate surface area is 133 Å². The zero-order chi connectivity index (χ0) is 15.2. The lowest BCUT2D eigenvalue weighted by Crippen LogP contribution is -2.09. The fraction of sp³-hybridized carbons (Fsp3) is 0.375. The van der Waals surface area contributed by atoms with Crippen LogP contribution in [-0.4, -0.2) is 9.78 Å². The first-order chi connectivity index (χ1) is 10.2. The van der Waals surface area contributed by atoms with Crippen LogP contribution in [0.25, 0.3) is 0 Å². The zero-order valence-electron chi connectivity index (χ0n) is 12.3. The molecule has 2 rings (SSSR count). The summed E-state index contributed by atoms with van der Waals surface area (Å²) >= 11 is 3.37. The SMILES string of the molecule is CCC(CC)n1ccc(CNc2ccc(Br)cc2C#N)n1. The molecule has 21 heavy (non-hydrogen) atoms. The monoisotopic (exact) mass is 346 g/mol. The predicted molar refractivity (Wildman–Crippen MR) is 88.0 cm³/mol. The lowest BCUT2D eigenvalue weighted by Gasteiger charge is -2.12. The number of nitrogens with one attached hydrogen (secondary N) is 1. The molecule has 0 aliphatic rings. The smallest absolute Gasteiger partial charge is 0.101 e. The number of hydrogen-bond donors (Lipinski definition) is 1. The molecule has 0 saturated carbocycles. The van der Waals surface area contributed by atoms with Gasteiger partial charge in [-0.2, -0.15) is 10.4 Å². The van der Waals surface area contributed by atoms with Gasteiger partial charge in [-0.3, -0.25) is 4.68 Å². The van der Waals surface area contributed by atoms with Crippen molar-refractivity contribution in [3.8, 4) is 6.07 Å². The second-order valence-corrected chi connectivity index (χ2v) is 5.83. The van der Waals surface area contributed by atoms with Crippen molar-refractivity contribution in [2.24, 2.45) is 0 Å². The minimum Gasteiger partial charge on any atom is -0.378 e. The molecule has 2 aromatic rings. The summed E-state index contributed by atoms with van der Waals surface area (Å²) in [6.45, 7) is 4.97. The predicted octanol–water partition coefficient (Wildman–Crippen LogP) is 4.49. The average Bonchev–Trinajstić information content (AvgIpc) is 2.96. The van der Waals surface area contributed by atoms with Gasteiger partial charge in [0.05, 0.1) is 29.5 Å². The van der Waals surface area contributed by atoms with E-state index in [2.05, 4.69) is 46.3 Å². The van der Waals surface area contributed by atoms with E-state index >= 15 is 0 Å². The summed E-state index contributed by atoms with van der Waals surface area (Å²) in [5.74, 6) is 0. The fourth-order valence-corrected chi connectivity index (χ4v) is 2.65. The third-order valence-electron chi connectivity index (χ3n) is 3.54. The molecule has 0 aliphatic carbocycles. The van der Waals surface area contributed by atoms with Crippen LogP contribution < -0.4 is 5.32 Å². The van der Waals surface area contributed by atoms with Gasteiger partial charge < -0.3 is 5.32 Å². The third-order valence-corrected chi connectivity index (χ3v) is 4.04. The first-order valence-corrected chi connectivity index (χ1v) is 7.94. The van der Waals surface area contributed by atoms with Gasteiger partial charge in [0.25, 0.3) is 0 Å². The van der Waals surface area contributed by atoms with Crippen molar-refractivity contribution in [3.05, 3.63) is 46.2 Å². The average molecular weight is 347 g/mol. The minimum atomic E-state index is 0.459. The van der Waals surface area contributed by atoms with E-state index in [1.165, 1.54) is 0 Å². The van der Waals surface area contributed by atoms with Crippen molar-refractivity contribution in [1.29, 1.82) is 5.26 Å². The lowest BCUT2D eigenvalue weighted by molar-refractivity contribution is 0.426. The molecule has 0 spiro atoms. The fourth-order valence-electron chi connectivity index (χ4n) is 2.29. The summed E-state index contributed by atoms with van der Waals surface area (Å²) in [6, 6.07) is 10.3. The Hall–Kier alpha value is -1.80. The number of anilines is 1. The Morgan fingerprint density at radius 2 is 2.10 bits per heavy atom. The van der Waals surface area contributed by atoms with E-state index in [0.717, 1.165) is 28.7 Å². The van der Waals surface area contributed by atoms with Gasteiger partial charge in [-0.05, 0) is 37.1 Å². The molecular formula is C16H19BrN4. The second kappa shape index (κ2) is 7.28. The van der Waals surface area contributed by atoms with Crippen LogP contribution in [0.1, 0.15) is 44.0 Å². The highest BCUT2D eigenvalue weighted by Crippen LogP contribution is 2.21. The number of halogens is 1. The molecule has 110 valence electrons. The van der Waals surface area contributed by atoms with Crippen LogP contribution in [0.15, 0.2) is 34.9 Å². The number of benzene rings is 1. The normalized spacial score (nSPS) is 10.6. The molecule has 0 unspecified atom stereocenters. The van der Waals surface area contributed by atoms with Crippen molar-refractivity contribution >= 4 is 21.6 Å². The third kappa shape index (κ3) is 3.85. The van der Waals surface area contributed by atoms with Gasteiger partial charge in [0.1, 0.15) is 6.07 Å². The summed E-state index contributed by atoms with van der Waals surface area (Å²) in [5.41, 5.74) is 2.44. The van der Waals surface area contributed by atoms with Gasteiger partial charge in [0.15, 0.2) is 0 Å². The largest absolute Gasteiger partial charge is 0.378 e. The van der Waals surface area contributed by atoms with E-state index in [4.69, 9.17) is 5.26 Å². The zero-order valence-corrected chi connectivity index (χ0v) is 13.9. The molecule has 1 N–H and O–H groups in total. The Bertz CT molecular complexity index is 638. The van der Waals surface area contributed by atoms with E-state index < -0.39 is 0 Å². The Kier molecular flexibility index (Phi) is 5.40. The van der Waals surface area contributed by atoms with E-state index in [1.807, 2.05) is 35.1 Å². The second-order valence-electron chi connectivity index (χ2n) is 4.91. The molecule has 1 heterocycles. The van der Waals surface area contributed by atoms with Gasteiger partial charge in [-0.25, -0.2) is 0 Å². The molecule has 0 radical (unpaired) electrons. The summed E-state index contributed by atoms with van der Waals surface area (Å²) < 4.78 is 2.94. The summed E-state index contributed by atoms with van der Waals surface area (Å²) in [6.07, 6.45) is 4.19. The van der Waals surface area contributed by atoms with Crippen molar-refractivity contribution in [1.82, 2.24) is 9.78 Å². The maximum atomic E-state index is 9.15. The van der Waals surface area contributed by atoms with Crippen molar-refractivity contribution in [3.63, 3.8) is 0 Å². The van der Waals surface area contributed by atoms with Gasteiger partial charge >= 0.3 is 0 Å².